The van der Waals surface area contributed by atoms with E-state index in [0.29, 0.717) is 18.8 Å². The van der Waals surface area contributed by atoms with Gasteiger partial charge in [0.15, 0.2) is 5.13 Å². The number of nitrogens with one attached hydrogen (secondary N) is 1. The van der Waals surface area contributed by atoms with E-state index in [9.17, 15) is 9.18 Å². The van der Waals surface area contributed by atoms with Crippen LogP contribution in [0, 0.1) is 19.0 Å². The maximum absolute atomic E-state index is 13.4. The second-order valence-electron chi connectivity index (χ2n) is 5.43. The number of rotatable bonds is 3. The number of fused-ring (bicyclic) bond motifs is 1. The second kappa shape index (κ2) is 6.14. The summed E-state index contributed by atoms with van der Waals surface area (Å²) in [7, 11) is 0. The zero-order valence-electron chi connectivity index (χ0n) is 12.5. The summed E-state index contributed by atoms with van der Waals surface area (Å²) in [4.78, 5) is 17.4. The molecule has 0 aliphatic carbocycles. The summed E-state index contributed by atoms with van der Waals surface area (Å²) in [6.45, 7) is 4.66. The quantitative estimate of drug-likeness (QED) is 0.946. The average Bonchev–Trinajstić information content (AvgIpc) is 2.85. The molecule has 22 heavy (non-hydrogen) atoms. The van der Waals surface area contributed by atoms with Gasteiger partial charge in [0, 0.05) is 24.0 Å². The van der Waals surface area contributed by atoms with E-state index < -0.39 is 0 Å². The summed E-state index contributed by atoms with van der Waals surface area (Å²) in [5.41, 5.74) is 3.12. The summed E-state index contributed by atoms with van der Waals surface area (Å²) in [5.74, 6) is -0.232. The minimum absolute atomic E-state index is 0.206. The average molecular weight is 320 g/mol. The first-order valence-corrected chi connectivity index (χ1v) is 7.97. The molecule has 1 amide bonds. The number of hydrogen-bond donors (Lipinski definition) is 1. The number of halogens is 1. The Hall–Kier alpha value is -1.79. The SMILES string of the molecule is Cc1cnc(C(=O)NCC2OCCc3sc(F)cc32)c(C)c1. The lowest BCUT2D eigenvalue weighted by molar-refractivity contribution is 0.0421. The molecule has 1 aliphatic rings. The number of aromatic nitrogens is 1. The van der Waals surface area contributed by atoms with Crippen LogP contribution in [0.15, 0.2) is 18.3 Å². The molecule has 1 aliphatic heterocycles. The van der Waals surface area contributed by atoms with Crippen molar-refractivity contribution in [2.75, 3.05) is 13.2 Å². The molecular weight excluding hydrogens is 303 g/mol. The van der Waals surface area contributed by atoms with Crippen molar-refractivity contribution in [1.82, 2.24) is 10.3 Å². The van der Waals surface area contributed by atoms with Crippen LogP contribution in [0.4, 0.5) is 4.39 Å². The second-order valence-corrected chi connectivity index (χ2v) is 6.51. The first-order valence-electron chi connectivity index (χ1n) is 7.15. The number of carbonyl (C=O) groups is 1. The molecule has 3 heterocycles. The van der Waals surface area contributed by atoms with Gasteiger partial charge in [0.1, 0.15) is 11.8 Å². The van der Waals surface area contributed by atoms with Gasteiger partial charge < -0.3 is 10.1 Å². The van der Waals surface area contributed by atoms with Gasteiger partial charge in [-0.05, 0) is 36.6 Å². The van der Waals surface area contributed by atoms with Gasteiger partial charge in [-0.25, -0.2) is 0 Å². The molecule has 1 atom stereocenters. The maximum atomic E-state index is 13.4. The molecule has 0 saturated carbocycles. The Morgan fingerprint density at radius 3 is 3.09 bits per heavy atom. The number of aryl methyl sites for hydroxylation is 2. The van der Waals surface area contributed by atoms with E-state index in [1.165, 1.54) is 6.07 Å². The number of hydrogen-bond acceptors (Lipinski definition) is 4. The van der Waals surface area contributed by atoms with Crippen molar-refractivity contribution in [3.63, 3.8) is 0 Å². The monoisotopic (exact) mass is 320 g/mol. The van der Waals surface area contributed by atoms with Gasteiger partial charge in [-0.2, -0.15) is 4.39 Å². The third-order valence-electron chi connectivity index (χ3n) is 3.68. The van der Waals surface area contributed by atoms with Gasteiger partial charge in [0.05, 0.1) is 6.61 Å². The highest BCUT2D eigenvalue weighted by molar-refractivity contribution is 7.10. The Labute approximate surface area is 132 Å². The molecule has 0 bridgehead atoms. The largest absolute Gasteiger partial charge is 0.371 e. The van der Waals surface area contributed by atoms with E-state index in [1.807, 2.05) is 19.9 Å². The molecule has 1 unspecified atom stereocenters. The molecule has 3 rings (SSSR count). The van der Waals surface area contributed by atoms with Crippen LogP contribution in [0.25, 0.3) is 0 Å². The fraction of sp³-hybridized carbons (Fsp3) is 0.375. The minimum atomic E-state index is -0.292. The summed E-state index contributed by atoms with van der Waals surface area (Å²) < 4.78 is 19.0. The van der Waals surface area contributed by atoms with Crippen molar-refractivity contribution in [3.8, 4) is 0 Å². The Morgan fingerprint density at radius 2 is 2.32 bits per heavy atom. The first kappa shape index (κ1) is 15.1. The van der Waals surface area contributed by atoms with Crippen molar-refractivity contribution in [3.05, 3.63) is 50.7 Å². The Balaban J connectivity index is 1.69. The standard InChI is InChI=1S/C16H17FN2O2S/c1-9-5-10(2)15(18-7-9)16(20)19-8-12-11-6-14(17)22-13(11)3-4-21-12/h5-7,12H,3-4,8H2,1-2H3,(H,19,20). The molecule has 0 saturated heterocycles. The predicted molar refractivity (Wildman–Crippen MR) is 82.7 cm³/mol. The lowest BCUT2D eigenvalue weighted by Crippen LogP contribution is -2.32. The molecule has 2 aromatic rings. The Kier molecular flexibility index (Phi) is 4.22. The molecule has 4 nitrogen and oxygen atoms in total. The van der Waals surface area contributed by atoms with Gasteiger partial charge in [-0.1, -0.05) is 6.07 Å². The van der Waals surface area contributed by atoms with Crippen LogP contribution >= 0.6 is 11.3 Å². The number of amides is 1. The van der Waals surface area contributed by atoms with Gasteiger partial charge >= 0.3 is 0 Å². The van der Waals surface area contributed by atoms with Crippen LogP contribution in [0.1, 0.15) is 38.2 Å². The van der Waals surface area contributed by atoms with Crippen LogP contribution in [-0.4, -0.2) is 24.0 Å². The number of ether oxygens (including phenoxy) is 1. The Bertz CT molecular complexity index is 714. The highest BCUT2D eigenvalue weighted by Gasteiger charge is 2.24. The van der Waals surface area contributed by atoms with Crippen LogP contribution in [0.2, 0.25) is 0 Å². The van der Waals surface area contributed by atoms with E-state index in [1.54, 1.807) is 6.20 Å². The number of carbonyl (C=O) groups excluding carboxylic acids is 1. The lowest BCUT2D eigenvalue weighted by atomic mass is 10.1. The fourth-order valence-corrected chi connectivity index (χ4v) is 3.57. The molecule has 2 aromatic heterocycles. The topological polar surface area (TPSA) is 51.2 Å². The van der Waals surface area contributed by atoms with E-state index >= 15 is 0 Å². The van der Waals surface area contributed by atoms with Crippen molar-refractivity contribution < 1.29 is 13.9 Å². The molecule has 0 fully saturated rings. The van der Waals surface area contributed by atoms with Gasteiger partial charge in [0.25, 0.3) is 5.91 Å². The van der Waals surface area contributed by atoms with E-state index in [2.05, 4.69) is 10.3 Å². The van der Waals surface area contributed by atoms with Gasteiger partial charge in [-0.3, -0.25) is 9.78 Å². The number of pyridine rings is 1. The number of thiophene rings is 1. The molecule has 0 spiro atoms. The molecule has 116 valence electrons. The van der Waals surface area contributed by atoms with Crippen molar-refractivity contribution in [2.24, 2.45) is 0 Å². The zero-order chi connectivity index (χ0) is 15.7. The fourth-order valence-electron chi connectivity index (χ4n) is 2.65. The molecule has 6 heteroatoms. The summed E-state index contributed by atoms with van der Waals surface area (Å²) in [5, 5.41) is 2.63. The molecule has 1 N–H and O–H groups in total. The number of nitrogens with zero attached hydrogens (tertiary/aromatic N) is 1. The van der Waals surface area contributed by atoms with Crippen molar-refractivity contribution in [1.29, 1.82) is 0 Å². The first-order chi connectivity index (χ1) is 10.5. The highest BCUT2D eigenvalue weighted by atomic mass is 32.1. The minimum Gasteiger partial charge on any atom is -0.371 e. The van der Waals surface area contributed by atoms with E-state index in [-0.39, 0.29) is 17.1 Å². The smallest absolute Gasteiger partial charge is 0.270 e. The van der Waals surface area contributed by atoms with Crippen LogP contribution in [-0.2, 0) is 11.2 Å². The van der Waals surface area contributed by atoms with Crippen molar-refractivity contribution in [2.45, 2.75) is 26.4 Å². The van der Waals surface area contributed by atoms with E-state index in [0.717, 1.165) is 39.3 Å². The molecule has 0 radical (unpaired) electrons. The Morgan fingerprint density at radius 1 is 1.50 bits per heavy atom. The normalized spacial score (nSPS) is 17.1. The highest BCUT2D eigenvalue weighted by Crippen LogP contribution is 2.32. The van der Waals surface area contributed by atoms with Gasteiger partial charge in [-0.15, -0.1) is 11.3 Å². The third kappa shape index (κ3) is 3.03. The van der Waals surface area contributed by atoms with Crippen LogP contribution < -0.4 is 5.32 Å². The predicted octanol–water partition coefficient (Wildman–Crippen LogP) is 2.94. The lowest BCUT2D eigenvalue weighted by Gasteiger charge is -2.23. The molecule has 0 aromatic carbocycles. The maximum Gasteiger partial charge on any atom is 0.270 e. The summed E-state index contributed by atoms with van der Waals surface area (Å²) in [6, 6.07) is 3.43. The van der Waals surface area contributed by atoms with Crippen LogP contribution in [0.5, 0.6) is 0 Å². The zero-order valence-corrected chi connectivity index (χ0v) is 13.3. The summed E-state index contributed by atoms with van der Waals surface area (Å²) >= 11 is 1.16. The van der Waals surface area contributed by atoms with Crippen LogP contribution in [0.3, 0.4) is 0 Å². The van der Waals surface area contributed by atoms with Crippen molar-refractivity contribution >= 4 is 17.2 Å². The van der Waals surface area contributed by atoms with Gasteiger partial charge in [0.2, 0.25) is 0 Å². The molecular formula is C16H17FN2O2S. The third-order valence-corrected chi connectivity index (χ3v) is 4.68. The summed E-state index contributed by atoms with van der Waals surface area (Å²) in [6.07, 6.45) is 2.11. The van der Waals surface area contributed by atoms with E-state index in [4.69, 9.17) is 4.74 Å².